The minimum absolute atomic E-state index is 0.0584. The van der Waals surface area contributed by atoms with Gasteiger partial charge in [0, 0.05) is 30.5 Å². The van der Waals surface area contributed by atoms with E-state index in [-0.39, 0.29) is 58.5 Å². The summed E-state index contributed by atoms with van der Waals surface area (Å²) in [6, 6.07) is 0. The van der Waals surface area contributed by atoms with E-state index >= 15 is 0 Å². The first kappa shape index (κ1) is 49.1. The average Bonchev–Trinajstić information content (AvgIpc) is 3.46. The minimum atomic E-state index is -1.77. The van der Waals surface area contributed by atoms with Crippen LogP contribution in [0, 0.1) is 23.7 Å². The number of hydrogen-bond acceptors (Lipinski definition) is 7. The second kappa shape index (κ2) is 19.3. The number of rotatable bonds is 16. The van der Waals surface area contributed by atoms with Gasteiger partial charge in [-0.05, 0) is 96.1 Å². The molecule has 2 unspecified atom stereocenters. The van der Waals surface area contributed by atoms with E-state index in [1.165, 1.54) is 0 Å². The molecule has 9 heteroatoms. The molecule has 304 valence electrons. The van der Waals surface area contributed by atoms with Crippen LogP contribution in [0.3, 0.4) is 0 Å². The summed E-state index contributed by atoms with van der Waals surface area (Å²) < 4.78 is 37.1. The first-order valence-electron chi connectivity index (χ1n) is 19.9. The lowest BCUT2D eigenvalue weighted by Crippen LogP contribution is -2.44. The van der Waals surface area contributed by atoms with Crippen molar-refractivity contribution in [3.8, 4) is 0 Å². The minimum Gasteiger partial charge on any atom is -0.414 e. The standard InChI is InChI=1S/C22H42O3Si.C21H40O4Si/c1-12-13-19-20(24-22(8,9)23-19)17(3)15-14-16(2)18(4)25-26(10,11)21(5,6)7;1-15(17(3)25-26(9,10)20(4,5)6)11-12-16(2)19-18(13-14-22)23-21(7,8)24-19/h12,14-20H,1,13H2,2-11H3;11-12,14-19H,13H2,1-10H3/b15-14-;12-11-/t16-,17?,18+,19+,20-;15-,16?,17+,18+,19-/m11/s1. The maximum Gasteiger partial charge on any atom is 0.192 e. The van der Waals surface area contributed by atoms with Gasteiger partial charge >= 0.3 is 0 Å². The molecular weight excluding hydrogens is 685 g/mol. The Morgan fingerprint density at radius 1 is 0.615 bits per heavy atom. The lowest BCUT2D eigenvalue weighted by Gasteiger charge is -2.39. The topological polar surface area (TPSA) is 72.5 Å². The van der Waals surface area contributed by atoms with Crippen LogP contribution < -0.4 is 0 Å². The zero-order chi connectivity index (χ0) is 40.7. The van der Waals surface area contributed by atoms with Crippen LogP contribution in [0.1, 0.15) is 124 Å². The SMILES string of the molecule is C=CC[C@@H]1OC(C)(C)O[C@@H]1C(C)/C=C\[C@@H](C)[C@H](C)O[Si](C)(C)C(C)(C)C.CC(/C=C\[C@@H](C)[C@H](C)O[Si](C)(C)C(C)(C)C)[C@H]1OC(C)(C)O[C@H]1CC=O. The summed E-state index contributed by atoms with van der Waals surface area (Å²) in [5, 5.41) is 0.442. The van der Waals surface area contributed by atoms with Gasteiger partial charge in [0.05, 0.1) is 24.4 Å². The molecule has 0 bridgehead atoms. The lowest BCUT2D eigenvalue weighted by molar-refractivity contribution is -0.149. The second-order valence-corrected chi connectivity index (χ2v) is 29.1. The molecule has 2 fully saturated rings. The van der Waals surface area contributed by atoms with Crippen molar-refractivity contribution < 1.29 is 32.6 Å². The van der Waals surface area contributed by atoms with Crippen molar-refractivity contribution in [1.29, 1.82) is 0 Å². The molecule has 2 aliphatic rings. The number of carbonyl (C=O) groups is 1. The summed E-state index contributed by atoms with van der Waals surface area (Å²) in [5.41, 5.74) is 0. The summed E-state index contributed by atoms with van der Waals surface area (Å²) in [7, 11) is -3.51. The fraction of sp³-hybridized carbons (Fsp3) is 0.837. The van der Waals surface area contributed by atoms with Gasteiger partial charge in [0.15, 0.2) is 28.2 Å². The van der Waals surface area contributed by atoms with Crippen molar-refractivity contribution in [2.24, 2.45) is 23.7 Å². The lowest BCUT2D eigenvalue weighted by atomic mass is 9.95. The predicted molar refractivity (Wildman–Crippen MR) is 224 cm³/mol. The summed E-state index contributed by atoms with van der Waals surface area (Å²) in [4.78, 5) is 10.9. The van der Waals surface area contributed by atoms with Crippen molar-refractivity contribution in [1.82, 2.24) is 0 Å². The van der Waals surface area contributed by atoms with Crippen molar-refractivity contribution in [3.63, 3.8) is 0 Å². The molecule has 2 saturated heterocycles. The smallest absolute Gasteiger partial charge is 0.192 e. The van der Waals surface area contributed by atoms with Crippen LogP contribution in [0.4, 0.5) is 0 Å². The van der Waals surface area contributed by atoms with Gasteiger partial charge < -0.3 is 32.6 Å². The molecule has 10 atom stereocenters. The molecule has 0 aliphatic carbocycles. The van der Waals surface area contributed by atoms with E-state index in [4.69, 9.17) is 27.8 Å². The fourth-order valence-corrected chi connectivity index (χ4v) is 8.97. The molecule has 2 rings (SSSR count). The van der Waals surface area contributed by atoms with E-state index in [1.807, 2.05) is 33.8 Å². The van der Waals surface area contributed by atoms with Crippen LogP contribution in [-0.2, 0) is 32.6 Å². The molecule has 0 N–H and O–H groups in total. The zero-order valence-corrected chi connectivity index (χ0v) is 39.2. The molecule has 7 nitrogen and oxygen atoms in total. The van der Waals surface area contributed by atoms with Gasteiger partial charge in [0.2, 0.25) is 0 Å². The number of aldehydes is 1. The van der Waals surface area contributed by atoms with E-state index in [9.17, 15) is 4.79 Å². The Bertz CT molecular complexity index is 1070. The van der Waals surface area contributed by atoms with Gasteiger partial charge in [0.25, 0.3) is 0 Å². The van der Waals surface area contributed by atoms with E-state index in [1.54, 1.807) is 0 Å². The normalized spacial score (nSPS) is 27.5. The molecule has 2 aliphatic heterocycles. The monoisotopic (exact) mass is 767 g/mol. The van der Waals surface area contributed by atoms with Crippen LogP contribution in [0.2, 0.25) is 36.3 Å². The quantitative estimate of drug-likeness (QED) is 0.0880. The highest BCUT2D eigenvalue weighted by molar-refractivity contribution is 6.74. The van der Waals surface area contributed by atoms with Crippen LogP contribution in [0.25, 0.3) is 0 Å². The molecule has 2 heterocycles. The van der Waals surface area contributed by atoms with Crippen molar-refractivity contribution >= 4 is 22.9 Å². The Morgan fingerprint density at radius 2 is 0.942 bits per heavy atom. The van der Waals surface area contributed by atoms with Crippen LogP contribution in [0.5, 0.6) is 0 Å². The van der Waals surface area contributed by atoms with E-state index in [0.29, 0.717) is 18.3 Å². The van der Waals surface area contributed by atoms with Crippen LogP contribution >= 0.6 is 0 Å². The maximum absolute atomic E-state index is 10.9. The Morgan fingerprint density at radius 3 is 1.23 bits per heavy atom. The number of carbonyl (C=O) groups excluding carboxylic acids is 1. The predicted octanol–water partition coefficient (Wildman–Crippen LogP) is 11.7. The van der Waals surface area contributed by atoms with Crippen molar-refractivity contribution in [2.75, 3.05) is 0 Å². The first-order chi connectivity index (χ1) is 23.4. The molecule has 0 spiro atoms. The summed E-state index contributed by atoms with van der Waals surface area (Å²) >= 11 is 0. The van der Waals surface area contributed by atoms with Crippen LogP contribution in [0.15, 0.2) is 37.0 Å². The van der Waals surface area contributed by atoms with Gasteiger partial charge in [0.1, 0.15) is 6.29 Å². The molecule has 52 heavy (non-hydrogen) atoms. The third-order valence-corrected chi connectivity index (χ3v) is 20.8. The van der Waals surface area contributed by atoms with Gasteiger partial charge in [-0.25, -0.2) is 0 Å². The van der Waals surface area contributed by atoms with Gasteiger partial charge in [-0.1, -0.05) is 99.6 Å². The fourth-order valence-electron chi connectivity index (χ4n) is 5.97. The number of ether oxygens (including phenoxy) is 4. The molecule has 0 radical (unpaired) electrons. The molecule has 0 aromatic rings. The third kappa shape index (κ3) is 15.0. The molecule has 0 amide bonds. The molecular formula is C43H82O7Si2. The summed E-state index contributed by atoms with van der Waals surface area (Å²) in [6.45, 7) is 47.6. The highest BCUT2D eigenvalue weighted by Gasteiger charge is 2.44. The maximum atomic E-state index is 10.9. The largest absolute Gasteiger partial charge is 0.414 e. The highest BCUT2D eigenvalue weighted by Crippen LogP contribution is 2.40. The Labute approximate surface area is 323 Å². The average molecular weight is 767 g/mol. The third-order valence-electron chi connectivity index (χ3n) is 11.7. The Hall–Kier alpha value is -0.916. The molecule has 0 aromatic heterocycles. The number of hydrogen-bond donors (Lipinski definition) is 0. The second-order valence-electron chi connectivity index (χ2n) is 19.6. The Kier molecular flexibility index (Phi) is 18.2. The highest BCUT2D eigenvalue weighted by atomic mass is 28.4. The Balaban J connectivity index is 0.000000520. The van der Waals surface area contributed by atoms with E-state index < -0.39 is 28.2 Å². The van der Waals surface area contributed by atoms with Crippen molar-refractivity contribution in [2.45, 2.75) is 208 Å². The van der Waals surface area contributed by atoms with E-state index in [0.717, 1.165) is 12.7 Å². The van der Waals surface area contributed by atoms with Gasteiger partial charge in [-0.3, -0.25) is 0 Å². The van der Waals surface area contributed by atoms with Gasteiger partial charge in [-0.2, -0.15) is 0 Å². The summed E-state index contributed by atoms with van der Waals surface area (Å²) in [5.74, 6) is -0.0324. The molecule has 0 saturated carbocycles. The summed E-state index contributed by atoms with van der Waals surface area (Å²) in [6.07, 6.45) is 13.2. The van der Waals surface area contributed by atoms with E-state index in [2.05, 4.69) is 140 Å². The zero-order valence-electron chi connectivity index (χ0n) is 37.2. The first-order valence-corrected chi connectivity index (χ1v) is 25.7. The molecule has 0 aromatic carbocycles. The van der Waals surface area contributed by atoms with Crippen molar-refractivity contribution in [3.05, 3.63) is 37.0 Å². The van der Waals surface area contributed by atoms with Gasteiger partial charge in [-0.15, -0.1) is 6.58 Å². The van der Waals surface area contributed by atoms with Crippen LogP contribution in [-0.4, -0.2) is 71.1 Å².